The van der Waals surface area contributed by atoms with E-state index in [9.17, 15) is 0 Å². The fourth-order valence-corrected chi connectivity index (χ4v) is 2.16. The van der Waals surface area contributed by atoms with E-state index in [0.29, 0.717) is 16.5 Å². The quantitative estimate of drug-likeness (QED) is 0.744. The molecular weight excluding hydrogens is 268 g/mol. The van der Waals surface area contributed by atoms with Gasteiger partial charge in [0.05, 0.1) is 17.3 Å². The summed E-state index contributed by atoms with van der Waals surface area (Å²) < 4.78 is 5.85. The van der Waals surface area contributed by atoms with Gasteiger partial charge in [-0.05, 0) is 24.3 Å². The number of ether oxygens (including phenoxy) is 1. The first-order chi connectivity index (χ1) is 9.74. The zero-order valence-corrected chi connectivity index (χ0v) is 11.4. The molecule has 0 aliphatic rings. The Morgan fingerprint density at radius 1 is 1.05 bits per heavy atom. The van der Waals surface area contributed by atoms with Gasteiger partial charge in [0, 0.05) is 5.39 Å². The Kier molecular flexibility index (Phi) is 3.31. The van der Waals surface area contributed by atoms with E-state index in [-0.39, 0.29) is 0 Å². The van der Waals surface area contributed by atoms with Crippen LogP contribution in [0.3, 0.4) is 0 Å². The molecule has 0 atom stereocenters. The van der Waals surface area contributed by atoms with Gasteiger partial charge < -0.3 is 10.5 Å². The first-order valence-corrected chi connectivity index (χ1v) is 6.56. The van der Waals surface area contributed by atoms with Crippen LogP contribution in [-0.2, 0) is 0 Å². The van der Waals surface area contributed by atoms with Crippen molar-refractivity contribution in [1.82, 2.24) is 4.98 Å². The third kappa shape index (κ3) is 2.46. The zero-order valence-electron chi connectivity index (χ0n) is 10.6. The maximum atomic E-state index is 5.85. The molecule has 0 radical (unpaired) electrons. The molecule has 3 aromatic rings. The molecule has 0 saturated carbocycles. The molecule has 1 aromatic heterocycles. The minimum Gasteiger partial charge on any atom is -0.455 e. The van der Waals surface area contributed by atoms with E-state index >= 15 is 0 Å². The van der Waals surface area contributed by atoms with Gasteiger partial charge in [0.15, 0.2) is 0 Å². The topological polar surface area (TPSA) is 48.1 Å². The number of nitrogens with two attached hydrogens (primary N) is 1. The highest BCUT2D eigenvalue weighted by molar-refractivity contribution is 7.80. The fourth-order valence-electron chi connectivity index (χ4n) is 1.99. The molecule has 0 unspecified atom stereocenters. The molecule has 0 spiro atoms. The van der Waals surface area contributed by atoms with Gasteiger partial charge in [-0.15, -0.1) is 0 Å². The van der Waals surface area contributed by atoms with Crippen molar-refractivity contribution in [3.05, 3.63) is 66.4 Å². The first-order valence-electron chi connectivity index (χ1n) is 6.15. The second-order valence-corrected chi connectivity index (χ2v) is 4.77. The van der Waals surface area contributed by atoms with Crippen LogP contribution in [0.5, 0.6) is 11.5 Å². The minimum absolute atomic E-state index is 0.314. The van der Waals surface area contributed by atoms with Crippen LogP contribution in [0.15, 0.2) is 60.8 Å². The van der Waals surface area contributed by atoms with Gasteiger partial charge in [-0.25, -0.2) is 0 Å². The Balaban J connectivity index is 1.99. The molecule has 3 rings (SSSR count). The summed E-state index contributed by atoms with van der Waals surface area (Å²) in [5.74, 6) is 1.30. The van der Waals surface area contributed by atoms with Gasteiger partial charge in [-0.3, -0.25) is 4.98 Å². The number of thiocarbonyl (C=S) groups is 1. The molecule has 0 saturated heterocycles. The van der Waals surface area contributed by atoms with Crippen molar-refractivity contribution in [2.75, 3.05) is 0 Å². The van der Waals surface area contributed by atoms with E-state index in [2.05, 4.69) is 4.98 Å². The van der Waals surface area contributed by atoms with E-state index in [1.807, 2.05) is 54.6 Å². The monoisotopic (exact) mass is 280 g/mol. The molecule has 20 heavy (non-hydrogen) atoms. The number of nitrogens with zero attached hydrogens (tertiary/aromatic N) is 1. The third-order valence-electron chi connectivity index (χ3n) is 2.95. The molecule has 1 heterocycles. The Bertz CT molecular complexity index is 786. The first kappa shape index (κ1) is 12.6. The minimum atomic E-state index is 0.314. The number of para-hydroxylation sites is 2. The number of hydrogen-bond acceptors (Lipinski definition) is 3. The van der Waals surface area contributed by atoms with Crippen LogP contribution in [0.1, 0.15) is 5.56 Å². The second kappa shape index (κ2) is 5.27. The van der Waals surface area contributed by atoms with Crippen LogP contribution in [0.2, 0.25) is 0 Å². The molecule has 0 amide bonds. The summed E-state index contributed by atoms with van der Waals surface area (Å²) in [6.07, 6.45) is 1.69. The summed E-state index contributed by atoms with van der Waals surface area (Å²) >= 11 is 5.02. The SMILES string of the molecule is NC(=S)c1ccccc1Oc1cnc2ccccc2c1. The van der Waals surface area contributed by atoms with Crippen molar-refractivity contribution in [3.63, 3.8) is 0 Å². The smallest absolute Gasteiger partial charge is 0.146 e. The molecule has 0 bridgehead atoms. The van der Waals surface area contributed by atoms with Crippen LogP contribution in [-0.4, -0.2) is 9.97 Å². The zero-order chi connectivity index (χ0) is 13.9. The van der Waals surface area contributed by atoms with Crippen molar-refractivity contribution in [1.29, 1.82) is 0 Å². The Hall–Kier alpha value is -2.46. The van der Waals surface area contributed by atoms with Crippen LogP contribution < -0.4 is 10.5 Å². The lowest BCUT2D eigenvalue weighted by Crippen LogP contribution is -2.10. The molecule has 4 heteroatoms. The van der Waals surface area contributed by atoms with Gasteiger partial charge in [0.2, 0.25) is 0 Å². The number of pyridine rings is 1. The molecule has 0 aliphatic carbocycles. The van der Waals surface area contributed by atoms with Crippen LogP contribution >= 0.6 is 12.2 Å². The fraction of sp³-hybridized carbons (Fsp3) is 0. The Morgan fingerprint density at radius 3 is 2.65 bits per heavy atom. The van der Waals surface area contributed by atoms with E-state index in [0.717, 1.165) is 16.5 Å². The highest BCUT2D eigenvalue weighted by Crippen LogP contribution is 2.26. The average molecular weight is 280 g/mol. The molecule has 2 N–H and O–H groups in total. The van der Waals surface area contributed by atoms with Gasteiger partial charge in [0.25, 0.3) is 0 Å². The van der Waals surface area contributed by atoms with Gasteiger partial charge in [0.1, 0.15) is 16.5 Å². The van der Waals surface area contributed by atoms with Crippen molar-refractivity contribution in [2.24, 2.45) is 5.73 Å². The summed E-state index contributed by atoms with van der Waals surface area (Å²) in [4.78, 5) is 4.68. The van der Waals surface area contributed by atoms with Gasteiger partial charge in [-0.1, -0.05) is 42.5 Å². The Morgan fingerprint density at radius 2 is 1.80 bits per heavy atom. The lowest BCUT2D eigenvalue weighted by atomic mass is 10.2. The summed E-state index contributed by atoms with van der Waals surface area (Å²) in [6, 6.07) is 17.3. The maximum Gasteiger partial charge on any atom is 0.146 e. The van der Waals surface area contributed by atoms with E-state index in [1.54, 1.807) is 6.20 Å². The van der Waals surface area contributed by atoms with Crippen molar-refractivity contribution in [2.45, 2.75) is 0 Å². The van der Waals surface area contributed by atoms with Crippen LogP contribution in [0.25, 0.3) is 10.9 Å². The number of fused-ring (bicyclic) bond motifs is 1. The van der Waals surface area contributed by atoms with Crippen molar-refractivity contribution >= 4 is 28.1 Å². The summed E-state index contributed by atoms with van der Waals surface area (Å²) in [5.41, 5.74) is 7.35. The second-order valence-electron chi connectivity index (χ2n) is 4.33. The average Bonchev–Trinajstić information content (AvgIpc) is 2.47. The molecule has 3 nitrogen and oxygen atoms in total. The number of benzene rings is 2. The standard InChI is InChI=1S/C16H12N2OS/c17-16(20)13-6-2-4-8-15(13)19-12-9-11-5-1-3-7-14(11)18-10-12/h1-10H,(H2,17,20). The highest BCUT2D eigenvalue weighted by Gasteiger charge is 2.07. The molecule has 0 aliphatic heterocycles. The predicted octanol–water partition coefficient (Wildman–Crippen LogP) is 3.66. The van der Waals surface area contributed by atoms with E-state index in [1.165, 1.54) is 0 Å². The summed E-state index contributed by atoms with van der Waals surface area (Å²) in [5, 5.41) is 1.03. The maximum absolute atomic E-state index is 5.85. The molecule has 2 aromatic carbocycles. The van der Waals surface area contributed by atoms with Crippen LogP contribution in [0, 0.1) is 0 Å². The number of rotatable bonds is 3. The van der Waals surface area contributed by atoms with Gasteiger partial charge in [-0.2, -0.15) is 0 Å². The van der Waals surface area contributed by atoms with Crippen molar-refractivity contribution < 1.29 is 4.74 Å². The normalized spacial score (nSPS) is 10.4. The molecule has 98 valence electrons. The van der Waals surface area contributed by atoms with E-state index in [4.69, 9.17) is 22.7 Å². The number of hydrogen-bond donors (Lipinski definition) is 1. The Labute approximate surface area is 122 Å². The van der Waals surface area contributed by atoms with E-state index < -0.39 is 0 Å². The lowest BCUT2D eigenvalue weighted by molar-refractivity contribution is 0.480. The molecular formula is C16H12N2OS. The van der Waals surface area contributed by atoms with Crippen LogP contribution in [0.4, 0.5) is 0 Å². The largest absolute Gasteiger partial charge is 0.455 e. The summed E-state index contributed by atoms with van der Waals surface area (Å²) in [7, 11) is 0. The summed E-state index contributed by atoms with van der Waals surface area (Å²) in [6.45, 7) is 0. The molecule has 0 fully saturated rings. The van der Waals surface area contributed by atoms with Crippen molar-refractivity contribution in [3.8, 4) is 11.5 Å². The van der Waals surface area contributed by atoms with Gasteiger partial charge >= 0.3 is 0 Å². The highest BCUT2D eigenvalue weighted by atomic mass is 32.1. The predicted molar refractivity (Wildman–Crippen MR) is 84.1 cm³/mol. The number of aromatic nitrogens is 1. The lowest BCUT2D eigenvalue weighted by Gasteiger charge is -2.10. The third-order valence-corrected chi connectivity index (χ3v) is 3.17.